The van der Waals surface area contributed by atoms with Crippen LogP contribution >= 0.6 is 0 Å². The highest BCUT2D eigenvalue weighted by Crippen LogP contribution is 2.33. The van der Waals surface area contributed by atoms with Gasteiger partial charge in [0.05, 0.1) is 0 Å². The fourth-order valence-electron chi connectivity index (χ4n) is 4.08. The Morgan fingerprint density at radius 3 is 1.33 bits per heavy atom. The second-order valence-corrected chi connectivity index (χ2v) is 8.48. The van der Waals surface area contributed by atoms with Crippen LogP contribution in [0.4, 0.5) is 0 Å². The molecule has 0 radical (unpaired) electrons. The molecule has 0 bridgehead atoms. The lowest BCUT2D eigenvalue weighted by molar-refractivity contribution is -0.685. The van der Waals surface area contributed by atoms with Crippen LogP contribution in [0.5, 0.6) is 0 Å². The van der Waals surface area contributed by atoms with Crippen LogP contribution in [0, 0.1) is 0 Å². The summed E-state index contributed by atoms with van der Waals surface area (Å²) in [7, 11) is 7.85. The first kappa shape index (κ1) is 34.4. The van der Waals surface area contributed by atoms with Crippen molar-refractivity contribution in [2.75, 3.05) is 35.5 Å². The van der Waals surface area contributed by atoms with Crippen LogP contribution in [-0.2, 0) is 28.5 Å². The normalized spacial score (nSPS) is 12.8. The molecule has 200 valence electrons. The summed E-state index contributed by atoms with van der Waals surface area (Å²) in [4.78, 5) is 8.89. The number of carbonyl (C=O) groups is 1. The first-order chi connectivity index (χ1) is 15.7. The van der Waals surface area contributed by atoms with Crippen molar-refractivity contribution in [2.24, 2.45) is 0 Å². The molecule has 8 heteroatoms. The van der Waals surface area contributed by atoms with Crippen molar-refractivity contribution in [3.05, 3.63) is 0 Å². The Morgan fingerprint density at radius 1 is 0.727 bits per heavy atom. The van der Waals surface area contributed by atoms with E-state index in [2.05, 4.69) is 12.7 Å². The van der Waals surface area contributed by atoms with Crippen molar-refractivity contribution in [1.29, 1.82) is 0 Å². The maximum atomic E-state index is 8.89. The molecule has 0 spiro atoms. The zero-order chi connectivity index (χ0) is 25.6. The summed E-state index contributed by atoms with van der Waals surface area (Å²) in [6, 6.07) is 0. The summed E-state index contributed by atoms with van der Waals surface area (Å²) in [6.07, 6.45) is 17.7. The molecule has 0 amide bonds. The molecule has 0 heterocycles. The second-order valence-electron chi connectivity index (χ2n) is 8.48. The lowest BCUT2D eigenvalue weighted by atomic mass is 9.98. The molecule has 3 N–H and O–H groups in total. The largest absolute Gasteiger partial charge is 0.550 e. The van der Waals surface area contributed by atoms with E-state index in [-0.39, 0.29) is 6.10 Å². The number of hydrogen-bond acceptors (Lipinski definition) is 7. The van der Waals surface area contributed by atoms with E-state index in [0.29, 0.717) is 0 Å². The minimum Gasteiger partial charge on any atom is -0.550 e. The number of unbranched alkanes of at least 4 members (excludes halogenated alkanes) is 12. The van der Waals surface area contributed by atoms with Crippen LogP contribution in [0.1, 0.15) is 104 Å². The molecule has 1 unspecified atom stereocenters. The van der Waals surface area contributed by atoms with Crippen molar-refractivity contribution < 1.29 is 39.3 Å². The van der Waals surface area contributed by atoms with Crippen LogP contribution in [0.15, 0.2) is 0 Å². The number of methoxy groups -OCH3 is 5. The van der Waals surface area contributed by atoms with E-state index >= 15 is 0 Å². The summed E-state index contributed by atoms with van der Waals surface area (Å²) in [6.45, 7) is 3.24. The highest BCUT2D eigenvalue weighted by molar-refractivity contribution is 5.60. The summed E-state index contributed by atoms with van der Waals surface area (Å²) in [5.74, 6) is -3.63. The molecule has 0 aliphatic rings. The van der Waals surface area contributed by atoms with E-state index in [0.717, 1.165) is 19.8 Å². The molecule has 0 aliphatic heterocycles. The number of carboxylic acid groups (broad SMARTS) is 1. The monoisotopic (exact) mass is 479 g/mol. The molecule has 33 heavy (non-hydrogen) atoms. The molecule has 0 saturated carbocycles. The molecule has 0 aliphatic carbocycles. The first-order valence-electron chi connectivity index (χ1n) is 12.5. The Balaban J connectivity index is 0. The van der Waals surface area contributed by atoms with Gasteiger partial charge in [0.1, 0.15) is 6.10 Å². The van der Waals surface area contributed by atoms with Crippen molar-refractivity contribution in [1.82, 2.24) is 0 Å². The van der Waals surface area contributed by atoms with Gasteiger partial charge in [0.2, 0.25) is 0 Å². The smallest absolute Gasteiger partial charge is 0.373 e. The predicted octanol–water partition coefficient (Wildman–Crippen LogP) is 3.42. The SMILES string of the molecule is CC(=O)[O-].CCCCCCCCCCCCCCCC(OC)C(OC)(OC)C([NH3+])(OC)OC. The molecular weight excluding hydrogens is 426 g/mol. The lowest BCUT2D eigenvalue weighted by Gasteiger charge is -2.43. The minimum absolute atomic E-state index is 0.345. The molecule has 0 aromatic heterocycles. The zero-order valence-electron chi connectivity index (χ0n) is 22.5. The van der Waals surface area contributed by atoms with E-state index in [1.54, 1.807) is 21.3 Å². The Labute approximate surface area is 202 Å². The fraction of sp³-hybridized carbons (Fsp3) is 0.960. The third-order valence-corrected chi connectivity index (χ3v) is 6.08. The highest BCUT2D eigenvalue weighted by atomic mass is 16.8. The number of rotatable bonds is 21. The number of carbonyl (C=O) groups excluding carboxylic acids is 1. The van der Waals surface area contributed by atoms with E-state index < -0.39 is 17.7 Å². The predicted molar refractivity (Wildman–Crippen MR) is 128 cm³/mol. The van der Waals surface area contributed by atoms with Gasteiger partial charge in [-0.25, -0.2) is 0 Å². The van der Waals surface area contributed by atoms with Gasteiger partial charge >= 0.3 is 11.7 Å². The molecule has 1 atom stereocenters. The van der Waals surface area contributed by atoms with Crippen LogP contribution < -0.4 is 10.8 Å². The van der Waals surface area contributed by atoms with E-state index in [9.17, 15) is 0 Å². The summed E-state index contributed by atoms with van der Waals surface area (Å²) < 4.78 is 28.0. The lowest BCUT2D eigenvalue weighted by Crippen LogP contribution is -2.87. The Bertz CT molecular complexity index is 436. The average molecular weight is 480 g/mol. The minimum atomic E-state index is -1.31. The van der Waals surface area contributed by atoms with Crippen LogP contribution in [0.25, 0.3) is 0 Å². The average Bonchev–Trinajstić information content (AvgIpc) is 2.80. The summed E-state index contributed by atoms with van der Waals surface area (Å²) >= 11 is 0. The molecule has 8 nitrogen and oxygen atoms in total. The Kier molecular flexibility index (Phi) is 22.7. The molecule has 0 saturated heterocycles. The Hall–Kier alpha value is -0.770. The van der Waals surface area contributed by atoms with E-state index in [4.69, 9.17) is 33.6 Å². The zero-order valence-corrected chi connectivity index (χ0v) is 22.5. The summed E-state index contributed by atoms with van der Waals surface area (Å²) in [5.41, 5.74) is 4.03. The number of carboxylic acids is 1. The van der Waals surface area contributed by atoms with E-state index in [1.165, 1.54) is 91.3 Å². The maximum absolute atomic E-state index is 8.89. The van der Waals surface area contributed by atoms with Gasteiger partial charge in [-0.15, -0.1) is 0 Å². The van der Waals surface area contributed by atoms with Crippen LogP contribution in [0.3, 0.4) is 0 Å². The van der Waals surface area contributed by atoms with Gasteiger partial charge in [-0.2, -0.15) is 0 Å². The second kappa shape index (κ2) is 21.7. The van der Waals surface area contributed by atoms with Crippen molar-refractivity contribution in [2.45, 2.75) is 122 Å². The van der Waals surface area contributed by atoms with Gasteiger partial charge in [0.15, 0.2) is 0 Å². The highest BCUT2D eigenvalue weighted by Gasteiger charge is 2.62. The quantitative estimate of drug-likeness (QED) is 0.198. The van der Waals surface area contributed by atoms with Gasteiger partial charge in [-0.1, -0.05) is 90.4 Å². The van der Waals surface area contributed by atoms with E-state index in [1.807, 2.05) is 0 Å². The topological polar surface area (TPSA) is 114 Å². The van der Waals surface area contributed by atoms with Gasteiger partial charge in [-0.3, -0.25) is 5.73 Å². The van der Waals surface area contributed by atoms with Gasteiger partial charge in [0.25, 0.3) is 0 Å². The van der Waals surface area contributed by atoms with Crippen LogP contribution in [-0.4, -0.2) is 59.3 Å². The first-order valence-corrected chi connectivity index (χ1v) is 12.5. The van der Waals surface area contributed by atoms with Crippen molar-refractivity contribution >= 4 is 5.97 Å². The fourth-order valence-corrected chi connectivity index (χ4v) is 4.08. The van der Waals surface area contributed by atoms with Gasteiger partial charge in [0, 0.05) is 41.5 Å². The summed E-state index contributed by atoms with van der Waals surface area (Å²) in [5, 5.41) is 8.89. The molecule has 0 aromatic carbocycles. The van der Waals surface area contributed by atoms with Gasteiger partial charge < -0.3 is 33.6 Å². The number of quaternary nitrogens is 1. The molecule has 0 aromatic rings. The number of ether oxygens (including phenoxy) is 5. The third-order valence-electron chi connectivity index (χ3n) is 6.08. The van der Waals surface area contributed by atoms with Crippen molar-refractivity contribution in [3.63, 3.8) is 0 Å². The molecule has 0 rings (SSSR count). The van der Waals surface area contributed by atoms with Gasteiger partial charge in [-0.05, 0) is 13.3 Å². The molecular formula is C25H53NO7. The number of aliphatic carboxylic acids is 1. The molecule has 0 fully saturated rings. The third kappa shape index (κ3) is 14.3. The number of hydrogen-bond donors (Lipinski definition) is 1. The van der Waals surface area contributed by atoms with Crippen LogP contribution in [0.2, 0.25) is 0 Å². The van der Waals surface area contributed by atoms with Crippen molar-refractivity contribution in [3.8, 4) is 0 Å². The Morgan fingerprint density at radius 2 is 1.06 bits per heavy atom. The standard InChI is InChI=1S/C23H49NO5.C2H4O2/c1-7-8-9-10-11-12-13-14-15-16-17-18-19-20-21(25-2)22(26-3,27-4)23(24,28-5)29-6;1-2(3)4/h21H,7-20,24H2,1-6H3;1H3,(H,3,4). The maximum Gasteiger partial charge on any atom is 0.373 e.